The summed E-state index contributed by atoms with van der Waals surface area (Å²) >= 11 is 0. The zero-order valence-electron chi connectivity index (χ0n) is 21.3. The molecule has 194 valence electrons. The first-order chi connectivity index (χ1) is 16.2. The van der Waals surface area contributed by atoms with Crippen molar-refractivity contribution in [2.45, 2.75) is 77.2 Å². The Labute approximate surface area is 205 Å². The van der Waals surface area contributed by atoms with Crippen molar-refractivity contribution in [1.82, 2.24) is 0 Å². The second-order valence-electron chi connectivity index (χ2n) is 9.29. The summed E-state index contributed by atoms with van der Waals surface area (Å²) in [5, 5.41) is 27.5. The van der Waals surface area contributed by atoms with Gasteiger partial charge in [0.25, 0.3) is 0 Å². The number of para-hydroxylation sites is 1. The molecule has 0 bridgehead atoms. The van der Waals surface area contributed by atoms with Gasteiger partial charge in [-0.05, 0) is 31.1 Å². The van der Waals surface area contributed by atoms with Crippen molar-refractivity contribution >= 4 is 11.9 Å². The summed E-state index contributed by atoms with van der Waals surface area (Å²) in [6, 6.07) is 9.72. The number of nitrogens with zero attached hydrogens (tertiary/aromatic N) is 1. The van der Waals surface area contributed by atoms with E-state index in [0.717, 1.165) is 23.3 Å². The molecule has 0 saturated carbocycles. The van der Waals surface area contributed by atoms with E-state index in [1.54, 1.807) is 0 Å². The lowest BCUT2D eigenvalue weighted by Gasteiger charge is -2.31. The Balaban J connectivity index is 0.00000116. The molecule has 7 nitrogen and oxygen atoms in total. The first-order valence-corrected chi connectivity index (χ1v) is 12.5. The predicted molar refractivity (Wildman–Crippen MR) is 133 cm³/mol. The number of aliphatic carboxylic acids is 2. The zero-order valence-corrected chi connectivity index (χ0v) is 21.3. The minimum atomic E-state index is -1.51. The standard InChI is InChI=1S/C23H42NO2.C4H4O4/c1-4-5-6-7-8-9-10-11-12-16-19-24(2,3)20-22(25)21-26-23-17-14-13-15-18-23;5-3(6)1-2-4(7)8/h13-15,17-18,22,25H,4-12,16,19-21H2,1-3H3;1-2H,(H,5,6)(H,7,8)/q+1;/p-1/b;2-1-. The van der Waals surface area contributed by atoms with Crippen LogP contribution in [0.3, 0.4) is 0 Å². The molecule has 7 heteroatoms. The summed E-state index contributed by atoms with van der Waals surface area (Å²) in [6.07, 6.45) is 14.2. The van der Waals surface area contributed by atoms with Crippen molar-refractivity contribution < 1.29 is 34.1 Å². The van der Waals surface area contributed by atoms with Crippen LogP contribution in [-0.2, 0) is 9.59 Å². The second kappa shape index (κ2) is 20.0. The van der Waals surface area contributed by atoms with Crippen LogP contribution in [0.2, 0.25) is 0 Å². The average molecular weight is 480 g/mol. The molecular weight excluding hydrogens is 434 g/mol. The fraction of sp³-hybridized carbons (Fsp3) is 0.630. The average Bonchev–Trinajstić information content (AvgIpc) is 2.78. The fourth-order valence-electron chi connectivity index (χ4n) is 3.59. The van der Waals surface area contributed by atoms with Gasteiger partial charge in [-0.3, -0.25) is 0 Å². The lowest BCUT2D eigenvalue weighted by molar-refractivity contribution is -0.893. The highest BCUT2D eigenvalue weighted by molar-refractivity contribution is 5.88. The number of carboxylic acid groups (broad SMARTS) is 2. The molecule has 0 aliphatic carbocycles. The van der Waals surface area contributed by atoms with E-state index < -0.39 is 18.0 Å². The van der Waals surface area contributed by atoms with E-state index in [4.69, 9.17) is 9.84 Å². The van der Waals surface area contributed by atoms with Crippen LogP contribution in [-0.4, -0.2) is 66.5 Å². The Kier molecular flexibility index (Phi) is 18.6. The number of benzene rings is 1. The molecule has 0 aliphatic rings. The van der Waals surface area contributed by atoms with Crippen molar-refractivity contribution in [3.05, 3.63) is 42.5 Å². The van der Waals surface area contributed by atoms with Crippen LogP contribution in [0.25, 0.3) is 0 Å². The van der Waals surface area contributed by atoms with Crippen molar-refractivity contribution in [3.63, 3.8) is 0 Å². The van der Waals surface area contributed by atoms with Gasteiger partial charge in [-0.15, -0.1) is 0 Å². The highest BCUT2D eigenvalue weighted by Crippen LogP contribution is 2.13. The summed E-state index contributed by atoms with van der Waals surface area (Å²) in [6.45, 7) is 4.50. The smallest absolute Gasteiger partial charge is 0.328 e. The van der Waals surface area contributed by atoms with Gasteiger partial charge in [-0.1, -0.05) is 76.5 Å². The molecule has 2 N–H and O–H groups in total. The Morgan fingerprint density at radius 3 is 1.94 bits per heavy atom. The van der Waals surface area contributed by atoms with Gasteiger partial charge in [0.05, 0.1) is 26.6 Å². The number of likely N-dealkylation sites (N-methyl/N-ethyl adjacent to an activating group) is 1. The van der Waals surface area contributed by atoms with E-state index >= 15 is 0 Å². The minimum Gasteiger partial charge on any atom is -0.545 e. The number of aliphatic hydroxyl groups excluding tert-OH is 1. The van der Waals surface area contributed by atoms with Gasteiger partial charge < -0.3 is 29.3 Å². The molecule has 1 atom stereocenters. The number of aliphatic hydroxyl groups is 1. The van der Waals surface area contributed by atoms with Crippen LogP contribution in [0.4, 0.5) is 0 Å². The summed E-state index contributed by atoms with van der Waals surface area (Å²) in [7, 11) is 4.42. The number of hydrogen-bond acceptors (Lipinski definition) is 5. The molecule has 0 amide bonds. The lowest BCUT2D eigenvalue weighted by Crippen LogP contribution is -2.47. The molecule has 1 aromatic rings. The number of carbonyl (C=O) groups is 2. The Morgan fingerprint density at radius 2 is 1.47 bits per heavy atom. The summed E-state index contributed by atoms with van der Waals surface area (Å²) in [4.78, 5) is 19.0. The van der Waals surface area contributed by atoms with Gasteiger partial charge in [0.2, 0.25) is 0 Å². The molecule has 0 fully saturated rings. The van der Waals surface area contributed by atoms with Gasteiger partial charge >= 0.3 is 5.97 Å². The molecule has 1 rings (SSSR count). The van der Waals surface area contributed by atoms with Crippen molar-refractivity contribution in [2.75, 3.05) is 33.8 Å². The van der Waals surface area contributed by atoms with E-state index in [2.05, 4.69) is 21.0 Å². The lowest BCUT2D eigenvalue weighted by atomic mass is 10.1. The van der Waals surface area contributed by atoms with Crippen LogP contribution in [0, 0.1) is 0 Å². The molecule has 0 aliphatic heterocycles. The van der Waals surface area contributed by atoms with Crippen LogP contribution in [0.1, 0.15) is 71.1 Å². The molecule has 1 aromatic carbocycles. The number of rotatable bonds is 18. The first kappa shape index (κ1) is 31.6. The number of unbranched alkanes of at least 4 members (excludes halogenated alkanes) is 9. The van der Waals surface area contributed by atoms with Gasteiger partial charge in [-0.2, -0.15) is 0 Å². The van der Waals surface area contributed by atoms with E-state index in [1.165, 1.54) is 64.2 Å². The van der Waals surface area contributed by atoms with Crippen molar-refractivity contribution in [3.8, 4) is 5.75 Å². The Bertz CT molecular complexity index is 659. The highest BCUT2D eigenvalue weighted by Gasteiger charge is 2.20. The fourth-order valence-corrected chi connectivity index (χ4v) is 3.59. The van der Waals surface area contributed by atoms with Gasteiger partial charge in [0.1, 0.15) is 25.0 Å². The third kappa shape index (κ3) is 21.5. The topological polar surface area (TPSA) is 107 Å². The highest BCUT2D eigenvalue weighted by atomic mass is 16.5. The van der Waals surface area contributed by atoms with E-state index in [1.807, 2.05) is 30.3 Å². The Morgan fingerprint density at radius 1 is 0.941 bits per heavy atom. The maximum absolute atomic E-state index is 10.3. The molecule has 1 unspecified atom stereocenters. The number of carboxylic acids is 2. The van der Waals surface area contributed by atoms with E-state index in [-0.39, 0.29) is 0 Å². The number of hydrogen-bond donors (Lipinski definition) is 2. The Hall–Kier alpha value is -2.38. The number of carbonyl (C=O) groups excluding carboxylic acids is 1. The van der Waals surface area contributed by atoms with Gasteiger partial charge in [-0.25, -0.2) is 4.79 Å². The molecule has 0 spiro atoms. The maximum Gasteiger partial charge on any atom is 0.328 e. The molecule has 0 aromatic heterocycles. The first-order valence-electron chi connectivity index (χ1n) is 12.5. The van der Waals surface area contributed by atoms with Gasteiger partial charge in [0, 0.05) is 6.08 Å². The molecule has 0 heterocycles. The van der Waals surface area contributed by atoms with Crippen molar-refractivity contribution in [2.24, 2.45) is 0 Å². The molecule has 0 saturated heterocycles. The monoisotopic (exact) mass is 479 g/mol. The van der Waals surface area contributed by atoms with Crippen LogP contribution < -0.4 is 9.84 Å². The van der Waals surface area contributed by atoms with Gasteiger partial charge in [0.15, 0.2) is 0 Å². The molecule has 0 radical (unpaired) electrons. The molecule has 34 heavy (non-hydrogen) atoms. The predicted octanol–water partition coefficient (Wildman–Crippen LogP) is 3.80. The van der Waals surface area contributed by atoms with Crippen molar-refractivity contribution in [1.29, 1.82) is 0 Å². The SMILES string of the molecule is CCCCCCCCCCCC[N+](C)(C)CC(O)COc1ccccc1.O=C([O-])/C=C\C(=O)O. The summed E-state index contributed by atoms with van der Waals surface area (Å²) in [5.41, 5.74) is 0. The number of ether oxygens (including phenoxy) is 1. The zero-order chi connectivity index (χ0) is 25.7. The van der Waals surface area contributed by atoms with E-state index in [0.29, 0.717) is 18.8 Å². The van der Waals surface area contributed by atoms with Crippen LogP contribution in [0.15, 0.2) is 42.5 Å². The maximum atomic E-state index is 10.3. The second-order valence-corrected chi connectivity index (χ2v) is 9.29. The summed E-state index contributed by atoms with van der Waals surface area (Å²) in [5.74, 6) is -1.98. The van der Waals surface area contributed by atoms with Crippen LogP contribution in [0.5, 0.6) is 5.75 Å². The van der Waals surface area contributed by atoms with Crippen LogP contribution >= 0.6 is 0 Å². The quantitative estimate of drug-likeness (QED) is 0.188. The normalized spacial score (nSPS) is 12.1. The summed E-state index contributed by atoms with van der Waals surface area (Å²) < 4.78 is 6.52. The van der Waals surface area contributed by atoms with E-state index in [9.17, 15) is 19.8 Å². The third-order valence-electron chi connectivity index (χ3n) is 5.37. The third-order valence-corrected chi connectivity index (χ3v) is 5.37. The minimum absolute atomic E-state index is 0.365. The largest absolute Gasteiger partial charge is 0.545 e. The molecular formula is C27H45NO6. The number of quaternary nitrogens is 1.